The number of halogens is 1. The van der Waals surface area contributed by atoms with Gasteiger partial charge in [0, 0.05) is 30.8 Å². The van der Waals surface area contributed by atoms with Crippen molar-refractivity contribution in [1.82, 2.24) is 19.5 Å². The first-order chi connectivity index (χ1) is 13.2. The molecule has 0 saturated carbocycles. The number of carbonyl (C=O) groups excluding carboxylic acids is 1. The number of hydrogen-bond donors (Lipinski definition) is 1. The molecule has 28 heavy (non-hydrogen) atoms. The Balaban J connectivity index is 1.60. The van der Waals surface area contributed by atoms with Crippen molar-refractivity contribution in [2.75, 3.05) is 13.1 Å². The fraction of sp³-hybridized carbons (Fsp3) is 0.450. The average Bonchev–Trinajstić information content (AvgIpc) is 3.01. The Morgan fingerprint density at radius 3 is 2.68 bits per heavy atom. The van der Waals surface area contributed by atoms with E-state index in [1.165, 1.54) is 4.52 Å². The van der Waals surface area contributed by atoms with Gasteiger partial charge in [0.1, 0.15) is 11.2 Å². The molecule has 1 N–H and O–H groups in total. The Hall–Kier alpha value is -2.54. The number of aromatic nitrogens is 3. The highest BCUT2D eigenvalue weighted by molar-refractivity contribution is 6.36. The summed E-state index contributed by atoms with van der Waals surface area (Å²) in [7, 11) is 0. The van der Waals surface area contributed by atoms with Gasteiger partial charge in [-0.1, -0.05) is 17.7 Å². The van der Waals surface area contributed by atoms with Crippen molar-refractivity contribution in [2.24, 2.45) is 0 Å². The minimum Gasteiger partial charge on any atom is -0.444 e. The number of H-pyrrole nitrogens is 1. The Labute approximate surface area is 167 Å². The van der Waals surface area contributed by atoms with E-state index in [4.69, 9.17) is 16.3 Å². The van der Waals surface area contributed by atoms with Crippen LogP contribution in [0.25, 0.3) is 16.6 Å². The molecule has 1 aromatic carbocycles. The number of likely N-dealkylation sites (tertiary alicyclic amines) is 1. The van der Waals surface area contributed by atoms with E-state index in [-0.39, 0.29) is 17.6 Å². The van der Waals surface area contributed by atoms with Crippen LogP contribution < -0.4 is 5.56 Å². The number of ether oxygens (including phenoxy) is 1. The largest absolute Gasteiger partial charge is 0.444 e. The number of nitrogens with zero attached hydrogens (tertiary/aromatic N) is 3. The lowest BCUT2D eigenvalue weighted by molar-refractivity contribution is 0.0204. The molecule has 1 amide bonds. The van der Waals surface area contributed by atoms with Crippen LogP contribution in [0.4, 0.5) is 4.79 Å². The lowest BCUT2D eigenvalue weighted by Crippen LogP contribution is -2.41. The fourth-order valence-corrected chi connectivity index (χ4v) is 3.91. The van der Waals surface area contributed by atoms with Crippen LogP contribution in [0.3, 0.4) is 0 Å². The molecule has 0 spiro atoms. The maximum atomic E-state index is 12.6. The smallest absolute Gasteiger partial charge is 0.410 e. The second-order valence-electron chi connectivity index (χ2n) is 8.20. The van der Waals surface area contributed by atoms with Crippen LogP contribution in [0.1, 0.15) is 45.2 Å². The summed E-state index contributed by atoms with van der Waals surface area (Å²) in [6.45, 7) is 6.76. The molecule has 0 radical (unpaired) electrons. The number of piperidine rings is 1. The summed E-state index contributed by atoms with van der Waals surface area (Å²) < 4.78 is 6.81. The highest BCUT2D eigenvalue weighted by Crippen LogP contribution is 2.30. The Bertz CT molecular complexity index is 1100. The number of rotatable bonds is 1. The molecule has 1 fully saturated rings. The second-order valence-corrected chi connectivity index (χ2v) is 8.61. The normalized spacial score (nSPS) is 16.1. The number of benzene rings is 1. The van der Waals surface area contributed by atoms with Gasteiger partial charge in [-0.2, -0.15) is 9.61 Å². The molecule has 3 aromatic rings. The first-order valence-corrected chi connectivity index (χ1v) is 9.79. The monoisotopic (exact) mass is 402 g/mol. The van der Waals surface area contributed by atoms with Crippen molar-refractivity contribution >= 4 is 34.2 Å². The highest BCUT2D eigenvalue weighted by atomic mass is 35.5. The zero-order valence-corrected chi connectivity index (χ0v) is 16.9. The van der Waals surface area contributed by atoms with E-state index in [0.717, 1.165) is 23.9 Å². The van der Waals surface area contributed by atoms with Gasteiger partial charge in [0.2, 0.25) is 0 Å². The van der Waals surface area contributed by atoms with E-state index in [9.17, 15) is 9.59 Å². The molecule has 1 aliphatic heterocycles. The minimum absolute atomic E-state index is 0.156. The van der Waals surface area contributed by atoms with Crippen LogP contribution in [0, 0.1) is 0 Å². The molecule has 3 heterocycles. The fourth-order valence-electron chi connectivity index (χ4n) is 3.66. The van der Waals surface area contributed by atoms with Crippen molar-refractivity contribution in [3.05, 3.63) is 45.3 Å². The number of nitrogens with one attached hydrogen (secondary N) is 1. The van der Waals surface area contributed by atoms with Gasteiger partial charge in [0.25, 0.3) is 5.56 Å². The van der Waals surface area contributed by atoms with Crippen LogP contribution in [0.15, 0.2) is 29.1 Å². The molecule has 7 nitrogen and oxygen atoms in total. The summed E-state index contributed by atoms with van der Waals surface area (Å²) in [5.74, 6) is 0.156. The first-order valence-electron chi connectivity index (χ1n) is 9.41. The molecule has 2 aromatic heterocycles. The van der Waals surface area contributed by atoms with Crippen LogP contribution in [0.2, 0.25) is 5.02 Å². The highest BCUT2D eigenvalue weighted by Gasteiger charge is 2.28. The van der Waals surface area contributed by atoms with E-state index in [1.807, 2.05) is 32.9 Å². The first kappa shape index (κ1) is 18.8. The number of aromatic amines is 1. The summed E-state index contributed by atoms with van der Waals surface area (Å²) in [4.78, 5) is 30.0. The third-order valence-corrected chi connectivity index (χ3v) is 5.30. The lowest BCUT2D eigenvalue weighted by Gasteiger charge is -2.33. The zero-order valence-electron chi connectivity index (χ0n) is 16.2. The Kier molecular flexibility index (Phi) is 4.57. The van der Waals surface area contributed by atoms with Crippen molar-refractivity contribution in [3.63, 3.8) is 0 Å². The van der Waals surface area contributed by atoms with Crippen LogP contribution >= 0.6 is 11.6 Å². The summed E-state index contributed by atoms with van der Waals surface area (Å²) in [5.41, 5.74) is 1.44. The van der Waals surface area contributed by atoms with E-state index in [0.29, 0.717) is 29.3 Å². The number of carbonyl (C=O) groups is 1. The van der Waals surface area contributed by atoms with Gasteiger partial charge in [0.05, 0.1) is 15.9 Å². The van der Waals surface area contributed by atoms with Gasteiger partial charge in [0.15, 0.2) is 0 Å². The standard InChI is InChI=1S/C20H23ClN4O3/c1-20(2,3)28-19(27)24-9-7-12(8-10-24)15-11-16(26)25-18(22-15)17-13(21)5-4-6-14(17)23-25/h4-6,11-12,22H,7-10H2,1-3H3. The molecule has 4 rings (SSSR count). The van der Waals surface area contributed by atoms with Crippen LogP contribution in [-0.2, 0) is 4.74 Å². The van der Waals surface area contributed by atoms with Gasteiger partial charge in [-0.25, -0.2) is 4.79 Å². The molecule has 1 aliphatic rings. The molecular weight excluding hydrogens is 380 g/mol. The Morgan fingerprint density at radius 2 is 2.00 bits per heavy atom. The van der Waals surface area contributed by atoms with Crippen molar-refractivity contribution in [3.8, 4) is 0 Å². The van der Waals surface area contributed by atoms with Gasteiger partial charge in [-0.15, -0.1) is 0 Å². The number of hydrogen-bond acceptors (Lipinski definition) is 4. The lowest BCUT2D eigenvalue weighted by atomic mass is 9.93. The van der Waals surface area contributed by atoms with Crippen LogP contribution in [0.5, 0.6) is 0 Å². The maximum Gasteiger partial charge on any atom is 0.410 e. The molecule has 0 unspecified atom stereocenters. The summed E-state index contributed by atoms with van der Waals surface area (Å²) in [6, 6.07) is 7.03. The van der Waals surface area contributed by atoms with E-state index < -0.39 is 5.60 Å². The van der Waals surface area contributed by atoms with Crippen molar-refractivity contribution in [1.29, 1.82) is 0 Å². The van der Waals surface area contributed by atoms with Crippen molar-refractivity contribution in [2.45, 2.75) is 45.1 Å². The minimum atomic E-state index is -0.507. The third-order valence-electron chi connectivity index (χ3n) is 4.98. The summed E-state index contributed by atoms with van der Waals surface area (Å²) >= 11 is 6.34. The molecule has 148 valence electrons. The predicted octanol–water partition coefficient (Wildman–Crippen LogP) is 3.94. The number of amides is 1. The molecule has 8 heteroatoms. The Morgan fingerprint density at radius 1 is 1.29 bits per heavy atom. The van der Waals surface area contributed by atoms with E-state index in [1.54, 1.807) is 17.0 Å². The quantitative estimate of drug-likeness (QED) is 0.668. The predicted molar refractivity (Wildman–Crippen MR) is 108 cm³/mol. The third kappa shape index (κ3) is 3.46. The molecular formula is C20H23ClN4O3. The maximum absolute atomic E-state index is 12.6. The molecule has 0 bridgehead atoms. The van der Waals surface area contributed by atoms with Gasteiger partial charge < -0.3 is 14.6 Å². The summed E-state index contributed by atoms with van der Waals surface area (Å²) in [5, 5.41) is 5.65. The van der Waals surface area contributed by atoms with Gasteiger partial charge in [-0.05, 0) is 45.7 Å². The molecule has 0 atom stereocenters. The van der Waals surface area contributed by atoms with E-state index in [2.05, 4.69) is 10.1 Å². The molecule has 1 saturated heterocycles. The average molecular weight is 403 g/mol. The van der Waals surface area contributed by atoms with Crippen LogP contribution in [-0.4, -0.2) is 44.3 Å². The SMILES string of the molecule is CC(C)(C)OC(=O)N1CCC(c2cc(=O)n3nc4cccc(Cl)c4c3[nH]2)CC1. The second kappa shape index (κ2) is 6.81. The van der Waals surface area contributed by atoms with E-state index >= 15 is 0 Å². The topological polar surface area (TPSA) is 79.7 Å². The zero-order chi connectivity index (χ0) is 20.1. The molecule has 0 aliphatic carbocycles. The summed E-state index contributed by atoms with van der Waals surface area (Å²) in [6.07, 6.45) is 1.22. The van der Waals surface area contributed by atoms with Gasteiger partial charge >= 0.3 is 6.09 Å². The van der Waals surface area contributed by atoms with Gasteiger partial charge in [-0.3, -0.25) is 4.79 Å². The van der Waals surface area contributed by atoms with Crippen molar-refractivity contribution < 1.29 is 9.53 Å². The number of fused-ring (bicyclic) bond motifs is 3.